The van der Waals surface area contributed by atoms with Gasteiger partial charge in [0.25, 0.3) is 5.91 Å². The van der Waals surface area contributed by atoms with E-state index in [1.165, 1.54) is 18.4 Å². The summed E-state index contributed by atoms with van der Waals surface area (Å²) in [5.41, 5.74) is 0.347. The number of amides is 1. The Morgan fingerprint density at radius 3 is 2.64 bits per heavy atom. The number of rotatable bonds is 6. The predicted octanol–water partition coefficient (Wildman–Crippen LogP) is 2.91. The van der Waals surface area contributed by atoms with Crippen LogP contribution in [0.1, 0.15) is 22.1 Å². The first-order chi connectivity index (χ1) is 11.9. The molecule has 0 radical (unpaired) electrons. The molecule has 2 aromatic heterocycles. The third-order valence-corrected chi connectivity index (χ3v) is 4.78. The van der Waals surface area contributed by atoms with Crippen molar-refractivity contribution in [3.8, 4) is 0 Å². The van der Waals surface area contributed by atoms with Gasteiger partial charge in [-0.2, -0.15) is 0 Å². The molecule has 0 aliphatic carbocycles. The van der Waals surface area contributed by atoms with E-state index in [2.05, 4.69) is 10.0 Å². The van der Waals surface area contributed by atoms with Gasteiger partial charge in [0.15, 0.2) is 5.76 Å². The Labute approximate surface area is 144 Å². The number of furan rings is 2. The van der Waals surface area contributed by atoms with Crippen LogP contribution in [-0.4, -0.2) is 14.3 Å². The van der Waals surface area contributed by atoms with Crippen LogP contribution in [0.2, 0.25) is 0 Å². The molecule has 0 spiro atoms. The monoisotopic (exact) mass is 360 g/mol. The van der Waals surface area contributed by atoms with Crippen LogP contribution in [0.4, 0.5) is 5.69 Å². The third-order valence-electron chi connectivity index (χ3n) is 3.38. The number of carbonyl (C=O) groups is 1. The van der Waals surface area contributed by atoms with Gasteiger partial charge in [-0.05, 0) is 49.4 Å². The van der Waals surface area contributed by atoms with Gasteiger partial charge in [0.2, 0.25) is 10.0 Å². The standard InChI is InChI=1S/C17H16N2O5S/c1-12-7-8-16(24-12)17(20)19-13-4-2-6-15(10-13)25(21,22)18-11-14-5-3-9-23-14/h2-10,18H,11H2,1H3,(H,19,20). The molecule has 7 nitrogen and oxygen atoms in total. The summed E-state index contributed by atoms with van der Waals surface area (Å²) in [5, 5.41) is 2.61. The maximum atomic E-state index is 12.4. The lowest BCUT2D eigenvalue weighted by Gasteiger charge is -2.08. The minimum atomic E-state index is -3.74. The maximum Gasteiger partial charge on any atom is 0.291 e. The molecule has 3 rings (SSSR count). The second kappa shape index (κ2) is 6.96. The number of carbonyl (C=O) groups excluding carboxylic acids is 1. The Hall–Kier alpha value is -2.84. The van der Waals surface area contributed by atoms with Crippen LogP contribution in [0.25, 0.3) is 0 Å². The van der Waals surface area contributed by atoms with Crippen LogP contribution in [0.15, 0.2) is 68.5 Å². The number of nitrogens with one attached hydrogen (secondary N) is 2. The first kappa shape index (κ1) is 17.0. The fourth-order valence-electron chi connectivity index (χ4n) is 2.15. The number of anilines is 1. The van der Waals surface area contributed by atoms with Crippen LogP contribution in [0.5, 0.6) is 0 Å². The summed E-state index contributed by atoms with van der Waals surface area (Å²) in [6.45, 7) is 1.77. The van der Waals surface area contributed by atoms with Gasteiger partial charge < -0.3 is 14.2 Å². The lowest BCUT2D eigenvalue weighted by molar-refractivity contribution is 0.0995. The van der Waals surface area contributed by atoms with Gasteiger partial charge >= 0.3 is 0 Å². The number of sulfonamides is 1. The van der Waals surface area contributed by atoms with Gasteiger partial charge in [0.1, 0.15) is 11.5 Å². The molecule has 1 amide bonds. The zero-order chi connectivity index (χ0) is 17.9. The zero-order valence-electron chi connectivity index (χ0n) is 13.4. The van der Waals surface area contributed by atoms with Gasteiger partial charge in [0, 0.05) is 5.69 Å². The highest BCUT2D eigenvalue weighted by molar-refractivity contribution is 7.89. The molecule has 1 aromatic carbocycles. The lowest BCUT2D eigenvalue weighted by atomic mass is 10.3. The van der Waals surface area contributed by atoms with Crippen molar-refractivity contribution in [3.05, 3.63) is 72.1 Å². The van der Waals surface area contributed by atoms with Crippen molar-refractivity contribution in [2.75, 3.05) is 5.32 Å². The first-order valence-corrected chi connectivity index (χ1v) is 8.92. The highest BCUT2D eigenvalue weighted by atomic mass is 32.2. The minimum absolute atomic E-state index is 0.0347. The van der Waals surface area contributed by atoms with Crippen molar-refractivity contribution in [1.29, 1.82) is 0 Å². The molecular weight excluding hydrogens is 344 g/mol. The molecule has 2 heterocycles. The molecule has 0 saturated heterocycles. The van der Waals surface area contributed by atoms with E-state index in [0.717, 1.165) is 0 Å². The Morgan fingerprint density at radius 2 is 1.96 bits per heavy atom. The number of hydrogen-bond acceptors (Lipinski definition) is 5. The molecule has 2 N–H and O–H groups in total. The maximum absolute atomic E-state index is 12.4. The molecule has 0 aliphatic heterocycles. The molecule has 0 saturated carbocycles. The molecular formula is C17H16N2O5S. The Bertz CT molecular complexity index is 974. The van der Waals surface area contributed by atoms with Gasteiger partial charge in [-0.25, -0.2) is 13.1 Å². The van der Waals surface area contributed by atoms with Crippen molar-refractivity contribution in [1.82, 2.24) is 4.72 Å². The molecule has 3 aromatic rings. The zero-order valence-corrected chi connectivity index (χ0v) is 14.2. The Kier molecular flexibility index (Phi) is 4.73. The average Bonchev–Trinajstić information content (AvgIpc) is 3.25. The lowest BCUT2D eigenvalue weighted by Crippen LogP contribution is -2.23. The summed E-state index contributed by atoms with van der Waals surface area (Å²) in [4.78, 5) is 12.1. The molecule has 130 valence electrons. The van der Waals surface area contributed by atoms with E-state index in [4.69, 9.17) is 8.83 Å². The van der Waals surface area contributed by atoms with Gasteiger partial charge in [-0.1, -0.05) is 6.07 Å². The second-order valence-electron chi connectivity index (χ2n) is 5.30. The molecule has 0 bridgehead atoms. The van der Waals surface area contributed by atoms with Crippen LogP contribution in [0, 0.1) is 6.92 Å². The average molecular weight is 360 g/mol. The third kappa shape index (κ3) is 4.17. The van der Waals surface area contributed by atoms with Crippen molar-refractivity contribution < 1.29 is 22.0 Å². The van der Waals surface area contributed by atoms with E-state index in [-0.39, 0.29) is 17.2 Å². The number of benzene rings is 1. The van der Waals surface area contributed by atoms with E-state index in [9.17, 15) is 13.2 Å². The van der Waals surface area contributed by atoms with Gasteiger partial charge in [-0.15, -0.1) is 0 Å². The van der Waals surface area contributed by atoms with Crippen LogP contribution >= 0.6 is 0 Å². The van der Waals surface area contributed by atoms with Gasteiger partial charge in [-0.3, -0.25) is 4.79 Å². The smallest absolute Gasteiger partial charge is 0.291 e. The van der Waals surface area contributed by atoms with Crippen LogP contribution in [-0.2, 0) is 16.6 Å². The predicted molar refractivity (Wildman–Crippen MR) is 90.6 cm³/mol. The minimum Gasteiger partial charge on any atom is -0.468 e. The van der Waals surface area contributed by atoms with Crippen molar-refractivity contribution >= 4 is 21.6 Å². The Balaban J connectivity index is 1.73. The van der Waals surface area contributed by atoms with E-state index < -0.39 is 15.9 Å². The fraction of sp³-hybridized carbons (Fsp3) is 0.118. The highest BCUT2D eigenvalue weighted by Crippen LogP contribution is 2.17. The molecule has 0 aliphatic rings. The van der Waals surface area contributed by atoms with Crippen LogP contribution < -0.4 is 10.0 Å². The summed E-state index contributed by atoms with van der Waals surface area (Å²) < 4.78 is 37.5. The van der Waals surface area contributed by atoms with E-state index in [1.54, 1.807) is 43.3 Å². The summed E-state index contributed by atoms with van der Waals surface area (Å²) in [5.74, 6) is 0.817. The molecule has 0 atom stereocenters. The van der Waals surface area contributed by atoms with Crippen molar-refractivity contribution in [3.63, 3.8) is 0 Å². The summed E-state index contributed by atoms with van der Waals surface area (Å²) in [6, 6.07) is 12.5. The quantitative estimate of drug-likeness (QED) is 0.704. The summed E-state index contributed by atoms with van der Waals surface area (Å²) in [7, 11) is -3.74. The molecule has 0 unspecified atom stereocenters. The molecule has 8 heteroatoms. The van der Waals surface area contributed by atoms with E-state index >= 15 is 0 Å². The van der Waals surface area contributed by atoms with Crippen molar-refractivity contribution in [2.24, 2.45) is 0 Å². The normalized spacial score (nSPS) is 11.4. The van der Waals surface area contributed by atoms with E-state index in [0.29, 0.717) is 17.2 Å². The number of hydrogen-bond donors (Lipinski definition) is 2. The largest absolute Gasteiger partial charge is 0.468 e. The van der Waals surface area contributed by atoms with Crippen LogP contribution in [0.3, 0.4) is 0 Å². The highest BCUT2D eigenvalue weighted by Gasteiger charge is 2.16. The first-order valence-electron chi connectivity index (χ1n) is 7.44. The van der Waals surface area contributed by atoms with E-state index in [1.807, 2.05) is 0 Å². The Morgan fingerprint density at radius 1 is 1.12 bits per heavy atom. The molecule has 25 heavy (non-hydrogen) atoms. The second-order valence-corrected chi connectivity index (χ2v) is 7.06. The number of aryl methyl sites for hydroxylation is 1. The topological polar surface area (TPSA) is 102 Å². The summed E-state index contributed by atoms with van der Waals surface area (Å²) >= 11 is 0. The SMILES string of the molecule is Cc1ccc(C(=O)Nc2cccc(S(=O)(=O)NCc3ccco3)c2)o1. The fourth-order valence-corrected chi connectivity index (χ4v) is 3.19. The van der Waals surface area contributed by atoms with Crippen molar-refractivity contribution in [2.45, 2.75) is 18.4 Å². The molecule has 0 fully saturated rings. The summed E-state index contributed by atoms with van der Waals surface area (Å²) in [6.07, 6.45) is 1.47. The van der Waals surface area contributed by atoms with Gasteiger partial charge in [0.05, 0.1) is 17.7 Å².